The lowest BCUT2D eigenvalue weighted by atomic mass is 10.1. The highest BCUT2D eigenvalue weighted by molar-refractivity contribution is 8.01. The molecule has 0 fully saturated rings. The number of hydrogen-bond donors (Lipinski definition) is 0. The van der Waals surface area contributed by atoms with Gasteiger partial charge < -0.3 is 17.0 Å². The van der Waals surface area contributed by atoms with Gasteiger partial charge in [-0.3, -0.25) is 4.79 Å². The minimum Gasteiger partial charge on any atom is -1.00 e. The van der Waals surface area contributed by atoms with Crippen LogP contribution in [-0.2, 0) is 0 Å². The first kappa shape index (κ1) is 16.2. The van der Waals surface area contributed by atoms with Gasteiger partial charge in [-0.15, -0.1) is 11.3 Å². The molecule has 1 heterocycles. The van der Waals surface area contributed by atoms with Gasteiger partial charge >= 0.3 is 0 Å². The van der Waals surface area contributed by atoms with Crippen LogP contribution in [0.3, 0.4) is 0 Å². The number of nitrogens with zero attached hydrogens (tertiary/aromatic N) is 1. The van der Waals surface area contributed by atoms with Crippen molar-refractivity contribution >= 4 is 39.1 Å². The maximum Gasteiger partial charge on any atom is 0.173 e. The van der Waals surface area contributed by atoms with E-state index in [1.807, 2.05) is 49.4 Å². The topological polar surface area (TPSA) is 30.0 Å². The van der Waals surface area contributed by atoms with Crippen LogP contribution >= 0.6 is 23.1 Å². The Bertz CT molecular complexity index is 719. The van der Waals surface area contributed by atoms with Crippen molar-refractivity contribution in [2.75, 3.05) is 5.75 Å². The second-order valence-electron chi connectivity index (χ2n) is 4.53. The normalized spacial score (nSPS) is 10.3. The molecular formula is C16H13BrNOS2-. The van der Waals surface area contributed by atoms with E-state index in [0.29, 0.717) is 5.75 Å². The van der Waals surface area contributed by atoms with Crippen molar-refractivity contribution in [3.8, 4) is 0 Å². The fraction of sp³-hybridized carbons (Fsp3) is 0.125. The van der Waals surface area contributed by atoms with Gasteiger partial charge in [0.2, 0.25) is 0 Å². The first-order chi connectivity index (χ1) is 9.72. The van der Waals surface area contributed by atoms with Crippen LogP contribution in [0.2, 0.25) is 0 Å². The standard InChI is InChI=1S/C16H13NOS2.BrH/c1-11-6-8-12(9-7-11)14(18)10-19-16-17-13-4-2-3-5-15(13)20-16;/h2-9H,10H2,1H3;1H/p-1. The van der Waals surface area contributed by atoms with Crippen molar-refractivity contribution in [1.82, 2.24) is 4.98 Å². The lowest BCUT2D eigenvalue weighted by Crippen LogP contribution is -3.00. The van der Waals surface area contributed by atoms with Crippen LogP contribution in [0.15, 0.2) is 52.9 Å². The first-order valence-corrected chi connectivity index (χ1v) is 8.11. The summed E-state index contributed by atoms with van der Waals surface area (Å²) in [7, 11) is 0. The molecule has 2 aromatic carbocycles. The van der Waals surface area contributed by atoms with Crippen molar-refractivity contribution in [3.05, 3.63) is 59.7 Å². The molecule has 0 aliphatic carbocycles. The summed E-state index contributed by atoms with van der Waals surface area (Å²) in [6, 6.07) is 15.7. The predicted molar refractivity (Wildman–Crippen MR) is 85.9 cm³/mol. The van der Waals surface area contributed by atoms with E-state index < -0.39 is 0 Å². The van der Waals surface area contributed by atoms with Crippen LogP contribution in [0.25, 0.3) is 10.2 Å². The van der Waals surface area contributed by atoms with Crippen molar-refractivity contribution in [1.29, 1.82) is 0 Å². The molecule has 0 bridgehead atoms. The van der Waals surface area contributed by atoms with E-state index in [0.717, 1.165) is 20.1 Å². The monoisotopic (exact) mass is 378 g/mol. The van der Waals surface area contributed by atoms with E-state index >= 15 is 0 Å². The summed E-state index contributed by atoms with van der Waals surface area (Å²) in [6.45, 7) is 2.02. The van der Waals surface area contributed by atoms with Crippen LogP contribution in [0.1, 0.15) is 15.9 Å². The van der Waals surface area contributed by atoms with E-state index in [-0.39, 0.29) is 22.8 Å². The van der Waals surface area contributed by atoms with E-state index in [1.165, 1.54) is 17.3 Å². The summed E-state index contributed by atoms with van der Waals surface area (Å²) in [5, 5.41) is 0. The molecule has 0 aliphatic rings. The van der Waals surface area contributed by atoms with Gasteiger partial charge in [0, 0.05) is 5.56 Å². The highest BCUT2D eigenvalue weighted by Gasteiger charge is 2.09. The molecule has 0 amide bonds. The zero-order valence-electron chi connectivity index (χ0n) is 11.4. The van der Waals surface area contributed by atoms with Gasteiger partial charge in [0.25, 0.3) is 0 Å². The number of aryl methyl sites for hydroxylation is 1. The third kappa shape index (κ3) is 3.93. The Morgan fingerprint density at radius 1 is 1.14 bits per heavy atom. The lowest BCUT2D eigenvalue weighted by molar-refractivity contribution is -0.0000117. The molecule has 2 nitrogen and oxygen atoms in total. The summed E-state index contributed by atoms with van der Waals surface area (Å²) < 4.78 is 2.12. The first-order valence-electron chi connectivity index (χ1n) is 6.30. The Labute approximate surface area is 142 Å². The molecule has 1 aromatic heterocycles. The Hall–Kier alpha value is -1.17. The zero-order chi connectivity index (χ0) is 13.9. The van der Waals surface area contributed by atoms with Gasteiger partial charge in [-0.05, 0) is 19.1 Å². The smallest absolute Gasteiger partial charge is 0.173 e. The third-order valence-corrected chi connectivity index (χ3v) is 5.15. The van der Waals surface area contributed by atoms with Crippen LogP contribution in [0, 0.1) is 6.92 Å². The molecule has 108 valence electrons. The second-order valence-corrected chi connectivity index (χ2v) is 6.78. The highest BCUT2D eigenvalue weighted by atomic mass is 79.9. The average Bonchev–Trinajstić information content (AvgIpc) is 2.88. The maximum atomic E-state index is 12.1. The molecule has 0 N–H and O–H groups in total. The van der Waals surface area contributed by atoms with E-state index in [1.54, 1.807) is 11.3 Å². The quantitative estimate of drug-likeness (QED) is 0.510. The molecule has 0 unspecified atom stereocenters. The number of rotatable bonds is 4. The Kier molecular flexibility index (Phi) is 5.56. The Morgan fingerprint density at radius 3 is 2.57 bits per heavy atom. The van der Waals surface area contributed by atoms with Crippen LogP contribution in [0.4, 0.5) is 0 Å². The molecule has 0 aliphatic heterocycles. The zero-order valence-corrected chi connectivity index (χ0v) is 14.6. The minimum absolute atomic E-state index is 0. The molecule has 3 aromatic rings. The fourth-order valence-electron chi connectivity index (χ4n) is 1.86. The number of thioether (sulfide) groups is 1. The van der Waals surface area contributed by atoms with Crippen LogP contribution in [0.5, 0.6) is 0 Å². The molecule has 5 heteroatoms. The van der Waals surface area contributed by atoms with Gasteiger partial charge in [-0.1, -0.05) is 53.7 Å². The number of benzene rings is 2. The van der Waals surface area contributed by atoms with Gasteiger partial charge in [0.05, 0.1) is 16.0 Å². The molecule has 0 saturated carbocycles. The van der Waals surface area contributed by atoms with E-state index in [2.05, 4.69) is 11.1 Å². The number of halogens is 1. The molecular weight excluding hydrogens is 366 g/mol. The maximum absolute atomic E-state index is 12.1. The molecule has 0 radical (unpaired) electrons. The minimum atomic E-state index is 0. The second kappa shape index (κ2) is 7.20. The number of Topliss-reactive ketones (excluding diaryl/α,β-unsaturated/α-hetero) is 1. The largest absolute Gasteiger partial charge is 1.00 e. The highest BCUT2D eigenvalue weighted by Crippen LogP contribution is 2.29. The summed E-state index contributed by atoms with van der Waals surface area (Å²) >= 11 is 3.15. The van der Waals surface area contributed by atoms with Crippen molar-refractivity contribution < 1.29 is 21.8 Å². The summed E-state index contributed by atoms with van der Waals surface area (Å²) in [6.07, 6.45) is 0. The van der Waals surface area contributed by atoms with Crippen LogP contribution in [-0.4, -0.2) is 16.5 Å². The van der Waals surface area contributed by atoms with E-state index in [4.69, 9.17) is 0 Å². The number of thiazole rings is 1. The molecule has 21 heavy (non-hydrogen) atoms. The van der Waals surface area contributed by atoms with Gasteiger partial charge in [0.15, 0.2) is 10.1 Å². The van der Waals surface area contributed by atoms with Crippen LogP contribution < -0.4 is 17.0 Å². The number of fused-ring (bicyclic) bond motifs is 1. The van der Waals surface area contributed by atoms with Gasteiger partial charge in [0.1, 0.15) is 0 Å². The van der Waals surface area contributed by atoms with Crippen molar-refractivity contribution in [2.24, 2.45) is 0 Å². The Morgan fingerprint density at radius 2 is 1.86 bits per heavy atom. The molecule has 0 atom stereocenters. The SMILES string of the molecule is Cc1ccc(C(=O)CSc2nc3ccccc3s2)cc1.[Br-]. The van der Waals surface area contributed by atoms with E-state index in [9.17, 15) is 4.79 Å². The summed E-state index contributed by atoms with van der Waals surface area (Å²) in [5.41, 5.74) is 2.94. The molecule has 0 saturated heterocycles. The number of carbonyl (C=O) groups is 1. The predicted octanol–water partition coefficient (Wildman–Crippen LogP) is 1.58. The average molecular weight is 379 g/mol. The van der Waals surface area contributed by atoms with Gasteiger partial charge in [-0.25, -0.2) is 4.98 Å². The molecule has 0 spiro atoms. The number of ketones is 1. The third-order valence-electron chi connectivity index (χ3n) is 2.97. The number of carbonyl (C=O) groups excluding carboxylic acids is 1. The van der Waals surface area contributed by atoms with Crippen molar-refractivity contribution in [3.63, 3.8) is 0 Å². The number of hydrogen-bond acceptors (Lipinski definition) is 4. The number of aromatic nitrogens is 1. The number of para-hydroxylation sites is 1. The lowest BCUT2D eigenvalue weighted by Gasteiger charge is -1.99. The summed E-state index contributed by atoms with van der Waals surface area (Å²) in [5.74, 6) is 0.581. The van der Waals surface area contributed by atoms with Crippen molar-refractivity contribution in [2.45, 2.75) is 11.3 Å². The van der Waals surface area contributed by atoms with Gasteiger partial charge in [-0.2, -0.15) is 0 Å². The summed E-state index contributed by atoms with van der Waals surface area (Å²) in [4.78, 5) is 16.6. The Balaban J connectivity index is 0.00000161. The fourth-order valence-corrected chi connectivity index (χ4v) is 3.83. The molecule has 3 rings (SSSR count).